The first kappa shape index (κ1) is 12.6. The molecule has 0 bridgehead atoms. The Morgan fingerprint density at radius 1 is 1.46 bits per heavy atom. The second kappa shape index (κ2) is 5.34. The number of Topliss-reactive ketones (excluding diaryl/α,β-unsaturated/α-hetero) is 1. The summed E-state index contributed by atoms with van der Waals surface area (Å²) in [5, 5.41) is 2.88. The zero-order valence-corrected chi connectivity index (χ0v) is 9.15. The molecule has 0 radical (unpaired) electrons. The molecule has 0 aliphatic rings. The molecule has 0 fully saturated rings. The normalized spacial score (nSPS) is 14.1. The number of hydrogen-bond acceptors (Lipinski definition) is 4. The van der Waals surface area contributed by atoms with E-state index in [-0.39, 0.29) is 23.9 Å². The molecule has 0 aromatic rings. The van der Waals surface area contributed by atoms with Gasteiger partial charge in [0.2, 0.25) is 0 Å². The lowest BCUT2D eigenvalue weighted by Gasteiger charge is -2.08. The van der Waals surface area contributed by atoms with E-state index in [4.69, 9.17) is 0 Å². The van der Waals surface area contributed by atoms with E-state index in [0.717, 1.165) is 6.26 Å². The zero-order chi connectivity index (χ0) is 10.5. The number of carbonyl (C=O) groups is 1. The van der Waals surface area contributed by atoms with Gasteiger partial charge in [-0.05, 0) is 7.05 Å². The predicted molar refractivity (Wildman–Crippen MR) is 52.4 cm³/mol. The van der Waals surface area contributed by atoms with Gasteiger partial charge in [0.15, 0.2) is 0 Å². The molecule has 1 atom stereocenters. The second-order valence-electron chi connectivity index (χ2n) is 3.30. The molecule has 0 spiro atoms. The highest BCUT2D eigenvalue weighted by Gasteiger charge is 2.14. The molecule has 4 nitrogen and oxygen atoms in total. The fraction of sp³-hybridized carbons (Fsp3) is 0.875. The number of sulfone groups is 1. The molecule has 1 unspecified atom stereocenters. The van der Waals surface area contributed by atoms with Crippen molar-refractivity contribution in [3.05, 3.63) is 0 Å². The van der Waals surface area contributed by atoms with Crippen molar-refractivity contribution in [2.45, 2.75) is 13.3 Å². The molecule has 0 amide bonds. The molecule has 0 saturated carbocycles. The molecule has 78 valence electrons. The molecule has 0 saturated heterocycles. The van der Waals surface area contributed by atoms with Crippen molar-refractivity contribution in [1.82, 2.24) is 5.32 Å². The Bertz CT molecular complexity index is 259. The van der Waals surface area contributed by atoms with Gasteiger partial charge in [-0.25, -0.2) is 8.42 Å². The molecule has 0 aliphatic heterocycles. The molecule has 0 heterocycles. The van der Waals surface area contributed by atoms with Crippen LogP contribution >= 0.6 is 0 Å². The van der Waals surface area contributed by atoms with Crippen LogP contribution in [-0.4, -0.2) is 39.8 Å². The summed E-state index contributed by atoms with van der Waals surface area (Å²) in [5.41, 5.74) is 0. The Morgan fingerprint density at radius 3 is 2.38 bits per heavy atom. The van der Waals surface area contributed by atoms with Gasteiger partial charge in [0, 0.05) is 25.1 Å². The Kier molecular flexibility index (Phi) is 5.17. The Morgan fingerprint density at radius 2 is 2.00 bits per heavy atom. The molecule has 13 heavy (non-hydrogen) atoms. The second-order valence-corrected chi connectivity index (χ2v) is 5.56. The van der Waals surface area contributed by atoms with Crippen LogP contribution in [0.15, 0.2) is 0 Å². The summed E-state index contributed by atoms with van der Waals surface area (Å²) >= 11 is 0. The summed E-state index contributed by atoms with van der Waals surface area (Å²) in [7, 11) is -1.24. The van der Waals surface area contributed by atoms with Crippen LogP contribution in [0.3, 0.4) is 0 Å². The first-order valence-corrected chi connectivity index (χ1v) is 6.28. The van der Waals surface area contributed by atoms with Crippen molar-refractivity contribution in [2.24, 2.45) is 5.92 Å². The van der Waals surface area contributed by atoms with Crippen LogP contribution in [0.5, 0.6) is 0 Å². The maximum absolute atomic E-state index is 11.3. The maximum Gasteiger partial charge on any atom is 0.147 e. The first-order chi connectivity index (χ1) is 5.87. The van der Waals surface area contributed by atoms with Crippen LogP contribution in [0, 0.1) is 5.92 Å². The lowest BCUT2D eigenvalue weighted by molar-refractivity contribution is -0.121. The van der Waals surface area contributed by atoms with Crippen molar-refractivity contribution in [1.29, 1.82) is 0 Å². The number of hydrogen-bond donors (Lipinski definition) is 1. The fourth-order valence-corrected chi connectivity index (χ4v) is 1.52. The van der Waals surface area contributed by atoms with Crippen molar-refractivity contribution in [3.63, 3.8) is 0 Å². The van der Waals surface area contributed by atoms with E-state index in [2.05, 4.69) is 5.32 Å². The van der Waals surface area contributed by atoms with Crippen molar-refractivity contribution >= 4 is 15.6 Å². The van der Waals surface area contributed by atoms with Crippen LogP contribution in [-0.2, 0) is 14.6 Å². The van der Waals surface area contributed by atoms with Crippen LogP contribution < -0.4 is 5.32 Å². The highest BCUT2D eigenvalue weighted by Crippen LogP contribution is 2.00. The minimum Gasteiger partial charge on any atom is -0.319 e. The van der Waals surface area contributed by atoms with E-state index in [9.17, 15) is 13.2 Å². The van der Waals surface area contributed by atoms with Gasteiger partial charge in [-0.1, -0.05) is 6.92 Å². The monoisotopic (exact) mass is 207 g/mol. The molecular weight excluding hydrogens is 190 g/mol. The lowest BCUT2D eigenvalue weighted by Crippen LogP contribution is -2.25. The Hall–Kier alpha value is -0.420. The van der Waals surface area contributed by atoms with Gasteiger partial charge in [0.05, 0.1) is 5.75 Å². The van der Waals surface area contributed by atoms with Gasteiger partial charge in [0.25, 0.3) is 0 Å². The summed E-state index contributed by atoms with van der Waals surface area (Å²) in [6.45, 7) is 2.39. The van der Waals surface area contributed by atoms with E-state index in [0.29, 0.717) is 6.54 Å². The van der Waals surface area contributed by atoms with Gasteiger partial charge >= 0.3 is 0 Å². The van der Waals surface area contributed by atoms with E-state index in [1.165, 1.54) is 0 Å². The van der Waals surface area contributed by atoms with Crippen molar-refractivity contribution in [3.8, 4) is 0 Å². The topological polar surface area (TPSA) is 63.2 Å². The molecule has 0 aromatic heterocycles. The number of rotatable bonds is 6. The molecule has 0 rings (SSSR count). The highest BCUT2D eigenvalue weighted by molar-refractivity contribution is 7.90. The van der Waals surface area contributed by atoms with Gasteiger partial charge in [-0.2, -0.15) is 0 Å². The predicted octanol–water partition coefficient (Wildman–Crippen LogP) is -0.154. The quantitative estimate of drug-likeness (QED) is 0.657. The minimum absolute atomic E-state index is 0.000208. The number of carbonyl (C=O) groups excluding carboxylic acids is 1. The summed E-state index contributed by atoms with van der Waals surface area (Å²) < 4.78 is 21.5. The third-order valence-corrected chi connectivity index (χ3v) is 2.72. The molecule has 0 aromatic carbocycles. The van der Waals surface area contributed by atoms with E-state index >= 15 is 0 Å². The van der Waals surface area contributed by atoms with Crippen LogP contribution in [0.1, 0.15) is 13.3 Å². The lowest BCUT2D eigenvalue weighted by atomic mass is 10.1. The van der Waals surface area contributed by atoms with Gasteiger partial charge in [0.1, 0.15) is 15.6 Å². The average Bonchev–Trinajstić information content (AvgIpc) is 1.99. The first-order valence-electron chi connectivity index (χ1n) is 4.22. The summed E-state index contributed by atoms with van der Waals surface area (Å²) in [5.74, 6) is -0.147. The Labute approximate surface area is 79.6 Å². The zero-order valence-electron chi connectivity index (χ0n) is 8.33. The molecule has 5 heteroatoms. The third-order valence-electron chi connectivity index (χ3n) is 1.78. The minimum atomic E-state index is -3.01. The van der Waals surface area contributed by atoms with Crippen LogP contribution in [0.2, 0.25) is 0 Å². The van der Waals surface area contributed by atoms with Crippen molar-refractivity contribution in [2.75, 3.05) is 25.6 Å². The summed E-state index contributed by atoms with van der Waals surface area (Å²) in [4.78, 5) is 11.3. The Balaban J connectivity index is 3.88. The van der Waals surface area contributed by atoms with Gasteiger partial charge in [-0.15, -0.1) is 0 Å². The van der Waals surface area contributed by atoms with Crippen LogP contribution in [0.25, 0.3) is 0 Å². The van der Waals surface area contributed by atoms with Crippen LogP contribution in [0.4, 0.5) is 0 Å². The van der Waals surface area contributed by atoms with E-state index < -0.39 is 9.84 Å². The summed E-state index contributed by atoms with van der Waals surface area (Å²) in [6, 6.07) is 0. The third kappa shape index (κ3) is 6.72. The SMILES string of the molecule is CNCC(C)C(=O)CCS(C)(=O)=O. The van der Waals surface area contributed by atoms with Crippen molar-refractivity contribution < 1.29 is 13.2 Å². The molecular formula is C8H17NO3S. The molecule has 0 aliphatic carbocycles. The number of nitrogens with one attached hydrogen (secondary N) is 1. The highest BCUT2D eigenvalue weighted by atomic mass is 32.2. The largest absolute Gasteiger partial charge is 0.319 e. The standard InChI is InChI=1S/C8H17NO3S/c1-7(6-9-2)8(10)4-5-13(3,11)12/h7,9H,4-6H2,1-3H3. The smallest absolute Gasteiger partial charge is 0.147 e. The summed E-state index contributed by atoms with van der Waals surface area (Å²) in [6.07, 6.45) is 1.27. The average molecular weight is 207 g/mol. The number of ketones is 1. The van der Waals surface area contributed by atoms with E-state index in [1.807, 2.05) is 0 Å². The molecule has 1 N–H and O–H groups in total. The van der Waals surface area contributed by atoms with E-state index in [1.54, 1.807) is 14.0 Å². The van der Waals surface area contributed by atoms with Gasteiger partial charge in [-0.3, -0.25) is 4.79 Å². The van der Waals surface area contributed by atoms with Gasteiger partial charge < -0.3 is 5.32 Å². The maximum atomic E-state index is 11.3. The fourth-order valence-electron chi connectivity index (χ4n) is 0.952.